The molecule has 3 N–H and O–H groups in total. The quantitative estimate of drug-likeness (QED) is 0.390. The molecule has 0 aliphatic rings. The van der Waals surface area contributed by atoms with Gasteiger partial charge < -0.3 is 25.3 Å². The lowest BCUT2D eigenvalue weighted by Crippen LogP contribution is -2.30. The Kier molecular flexibility index (Phi) is 11.0. The van der Waals surface area contributed by atoms with Gasteiger partial charge in [0.05, 0.1) is 25.7 Å². The average molecular weight is 346 g/mol. The zero-order valence-corrected chi connectivity index (χ0v) is 15.1. The third-order valence-corrected chi connectivity index (χ3v) is 2.80. The van der Waals surface area contributed by atoms with Crippen molar-refractivity contribution in [2.24, 2.45) is 11.7 Å². The Morgan fingerprint density at radius 2 is 1.71 bits per heavy atom. The molecule has 1 unspecified atom stereocenters. The fraction of sp³-hybridized carbons (Fsp3) is 0.812. The van der Waals surface area contributed by atoms with Crippen LogP contribution in [-0.4, -0.2) is 56.4 Å². The number of hydrogen-bond donors (Lipinski definition) is 2. The number of ether oxygens (including phenoxy) is 3. The number of carbonyl (C=O) groups is 3. The second-order valence-electron chi connectivity index (χ2n) is 6.45. The highest BCUT2D eigenvalue weighted by Crippen LogP contribution is 2.14. The summed E-state index contributed by atoms with van der Waals surface area (Å²) < 4.78 is 15.4. The first-order chi connectivity index (χ1) is 11.1. The van der Waals surface area contributed by atoms with E-state index in [1.54, 1.807) is 6.92 Å². The second kappa shape index (κ2) is 11.8. The highest BCUT2D eigenvalue weighted by Gasteiger charge is 2.22. The molecule has 0 saturated carbocycles. The van der Waals surface area contributed by atoms with Crippen LogP contribution in [0.1, 0.15) is 40.5 Å². The van der Waals surface area contributed by atoms with Crippen LogP contribution in [0.4, 0.5) is 0 Å². The van der Waals surface area contributed by atoms with Crippen LogP contribution in [0, 0.1) is 5.92 Å². The molecule has 0 aromatic heterocycles. The normalized spacial score (nSPS) is 12.5. The predicted octanol–water partition coefficient (Wildman–Crippen LogP) is 0.379. The summed E-state index contributed by atoms with van der Waals surface area (Å²) in [5, 5.41) is 2.70. The van der Waals surface area contributed by atoms with E-state index in [-0.39, 0.29) is 37.4 Å². The monoisotopic (exact) mass is 346 g/mol. The number of primary amides is 1. The molecule has 0 aromatic carbocycles. The van der Waals surface area contributed by atoms with Crippen molar-refractivity contribution in [3.8, 4) is 0 Å². The van der Waals surface area contributed by atoms with Crippen molar-refractivity contribution in [3.63, 3.8) is 0 Å². The fourth-order valence-corrected chi connectivity index (χ4v) is 1.61. The Bertz CT molecular complexity index is 406. The van der Waals surface area contributed by atoms with E-state index in [4.69, 9.17) is 19.9 Å². The van der Waals surface area contributed by atoms with E-state index in [2.05, 4.69) is 5.32 Å². The van der Waals surface area contributed by atoms with E-state index in [0.29, 0.717) is 26.2 Å². The molecule has 0 aliphatic carbocycles. The van der Waals surface area contributed by atoms with Crippen LogP contribution in [0.2, 0.25) is 0 Å². The van der Waals surface area contributed by atoms with E-state index in [1.807, 2.05) is 20.8 Å². The van der Waals surface area contributed by atoms with Gasteiger partial charge in [0.15, 0.2) is 0 Å². The molecule has 8 heteroatoms. The van der Waals surface area contributed by atoms with E-state index < -0.39 is 11.5 Å². The Balaban J connectivity index is 3.62. The molecule has 0 rings (SSSR count). The maximum Gasteiger partial charge on any atom is 0.309 e. The summed E-state index contributed by atoms with van der Waals surface area (Å²) in [5.41, 5.74) is 4.38. The third kappa shape index (κ3) is 14.0. The number of amides is 2. The van der Waals surface area contributed by atoms with E-state index >= 15 is 0 Å². The lowest BCUT2D eigenvalue weighted by molar-refractivity contribution is -0.159. The molecule has 0 heterocycles. The number of hydrogen-bond acceptors (Lipinski definition) is 6. The topological polar surface area (TPSA) is 117 Å². The van der Waals surface area contributed by atoms with E-state index in [0.717, 1.165) is 0 Å². The number of rotatable bonds is 12. The number of nitrogens with one attached hydrogen (secondary N) is 1. The molecule has 1 atom stereocenters. The summed E-state index contributed by atoms with van der Waals surface area (Å²) in [6.45, 7) is 8.34. The Morgan fingerprint density at radius 1 is 1.08 bits per heavy atom. The largest absolute Gasteiger partial charge is 0.460 e. The molecule has 0 bridgehead atoms. The van der Waals surface area contributed by atoms with Gasteiger partial charge in [-0.15, -0.1) is 0 Å². The molecule has 140 valence electrons. The third-order valence-electron chi connectivity index (χ3n) is 2.80. The number of esters is 1. The zero-order chi connectivity index (χ0) is 18.6. The Morgan fingerprint density at radius 3 is 2.29 bits per heavy atom. The molecule has 0 radical (unpaired) electrons. The zero-order valence-electron chi connectivity index (χ0n) is 15.1. The molecule has 0 saturated heterocycles. The summed E-state index contributed by atoms with van der Waals surface area (Å²) in [5.74, 6) is -1.29. The molecular weight excluding hydrogens is 316 g/mol. The van der Waals surface area contributed by atoms with Gasteiger partial charge in [-0.05, 0) is 27.2 Å². The first-order valence-corrected chi connectivity index (χ1v) is 8.05. The van der Waals surface area contributed by atoms with Crippen molar-refractivity contribution in [1.29, 1.82) is 0 Å². The van der Waals surface area contributed by atoms with Crippen LogP contribution >= 0.6 is 0 Å². The molecule has 2 amide bonds. The summed E-state index contributed by atoms with van der Waals surface area (Å²) in [6.07, 6.45) is 0.685. The van der Waals surface area contributed by atoms with E-state index in [1.165, 1.54) is 0 Å². The minimum atomic E-state index is -0.525. The first kappa shape index (κ1) is 22.3. The SMILES string of the molecule is CC(CCC(=O)NCCOCCOCC(N)=O)C(=O)OC(C)(C)C. The van der Waals surface area contributed by atoms with Gasteiger partial charge in [-0.3, -0.25) is 14.4 Å². The first-order valence-electron chi connectivity index (χ1n) is 8.05. The summed E-state index contributed by atoms with van der Waals surface area (Å²) in [6, 6.07) is 0. The van der Waals surface area contributed by atoms with Crippen molar-refractivity contribution < 1.29 is 28.6 Å². The van der Waals surface area contributed by atoms with Gasteiger partial charge in [0.2, 0.25) is 11.8 Å². The lowest BCUT2D eigenvalue weighted by Gasteiger charge is -2.22. The second-order valence-corrected chi connectivity index (χ2v) is 6.45. The fourth-order valence-electron chi connectivity index (χ4n) is 1.61. The van der Waals surface area contributed by atoms with Gasteiger partial charge in [0, 0.05) is 13.0 Å². The van der Waals surface area contributed by atoms with Crippen LogP contribution in [0.25, 0.3) is 0 Å². The number of carbonyl (C=O) groups excluding carboxylic acids is 3. The maximum absolute atomic E-state index is 11.8. The van der Waals surface area contributed by atoms with Crippen molar-refractivity contribution in [2.45, 2.75) is 46.1 Å². The van der Waals surface area contributed by atoms with Gasteiger partial charge in [0.1, 0.15) is 12.2 Å². The van der Waals surface area contributed by atoms with Crippen molar-refractivity contribution in [3.05, 3.63) is 0 Å². The smallest absolute Gasteiger partial charge is 0.309 e. The Labute approximate surface area is 143 Å². The summed E-state index contributed by atoms with van der Waals surface area (Å²) in [4.78, 5) is 33.9. The predicted molar refractivity (Wildman–Crippen MR) is 88.1 cm³/mol. The summed E-state index contributed by atoms with van der Waals surface area (Å²) in [7, 11) is 0. The lowest BCUT2D eigenvalue weighted by atomic mass is 10.1. The minimum absolute atomic E-state index is 0.129. The molecule has 0 fully saturated rings. The molecule has 0 aliphatic heterocycles. The van der Waals surface area contributed by atoms with Gasteiger partial charge in [0.25, 0.3) is 0 Å². The van der Waals surface area contributed by atoms with Crippen LogP contribution in [0.15, 0.2) is 0 Å². The van der Waals surface area contributed by atoms with Crippen LogP contribution in [0.5, 0.6) is 0 Å². The van der Waals surface area contributed by atoms with Crippen LogP contribution < -0.4 is 11.1 Å². The van der Waals surface area contributed by atoms with Gasteiger partial charge in [-0.25, -0.2) is 0 Å². The standard InChI is InChI=1S/C16H30N2O6/c1-12(15(21)24-16(2,3)4)5-6-14(20)18-7-8-22-9-10-23-11-13(17)19/h12H,5-11H2,1-4H3,(H2,17,19)(H,18,20). The average Bonchev–Trinajstić information content (AvgIpc) is 2.45. The molecular formula is C16H30N2O6. The van der Waals surface area contributed by atoms with Crippen molar-refractivity contribution in [2.75, 3.05) is 33.0 Å². The minimum Gasteiger partial charge on any atom is -0.460 e. The maximum atomic E-state index is 11.8. The molecule has 8 nitrogen and oxygen atoms in total. The van der Waals surface area contributed by atoms with E-state index in [9.17, 15) is 14.4 Å². The molecule has 0 spiro atoms. The van der Waals surface area contributed by atoms with Gasteiger partial charge >= 0.3 is 5.97 Å². The van der Waals surface area contributed by atoms with Crippen LogP contribution in [-0.2, 0) is 28.6 Å². The van der Waals surface area contributed by atoms with Crippen LogP contribution in [0.3, 0.4) is 0 Å². The van der Waals surface area contributed by atoms with Crippen molar-refractivity contribution in [1.82, 2.24) is 5.32 Å². The summed E-state index contributed by atoms with van der Waals surface area (Å²) >= 11 is 0. The molecule has 24 heavy (non-hydrogen) atoms. The van der Waals surface area contributed by atoms with Gasteiger partial charge in [-0.1, -0.05) is 6.92 Å². The highest BCUT2D eigenvalue weighted by atomic mass is 16.6. The Hall–Kier alpha value is -1.67. The highest BCUT2D eigenvalue weighted by molar-refractivity contribution is 5.77. The number of nitrogens with two attached hydrogens (primary N) is 1. The van der Waals surface area contributed by atoms with Crippen molar-refractivity contribution >= 4 is 17.8 Å². The molecule has 0 aromatic rings. The van der Waals surface area contributed by atoms with Gasteiger partial charge in [-0.2, -0.15) is 0 Å².